The molecule has 4 aliphatic rings. The van der Waals surface area contributed by atoms with Gasteiger partial charge in [0.2, 0.25) is 0 Å². The van der Waals surface area contributed by atoms with Crippen LogP contribution in [0.1, 0.15) is 31.7 Å². The molecule has 0 aromatic heterocycles. The van der Waals surface area contributed by atoms with E-state index in [0.29, 0.717) is 36.1 Å². The number of rotatable bonds is 7. The number of piperidine rings is 1. The molecule has 1 unspecified atom stereocenters. The Kier molecular flexibility index (Phi) is 8.51. The Hall–Kier alpha value is -3.18. The molecular weight excluding hydrogens is 520 g/mol. The van der Waals surface area contributed by atoms with Crippen molar-refractivity contribution < 1.29 is 26.3 Å². The van der Waals surface area contributed by atoms with Crippen molar-refractivity contribution in [1.29, 1.82) is 0 Å². The SMILES string of the molecule is CC1CCN(CC23C=C(Nc4ccc(C(F)(F)F)cc4)/C(=C\C=C(\C/C(=C\C=C/N)C(F)(F)F)N2)CN3)CC1. The van der Waals surface area contributed by atoms with Crippen LogP contribution in [-0.4, -0.2) is 42.9 Å². The van der Waals surface area contributed by atoms with Gasteiger partial charge < -0.3 is 16.4 Å². The first-order valence-electron chi connectivity index (χ1n) is 12.8. The zero-order chi connectivity index (χ0) is 28.3. The van der Waals surface area contributed by atoms with E-state index in [0.717, 1.165) is 62.0 Å². The Bertz CT molecular complexity index is 1170. The highest BCUT2D eigenvalue weighted by molar-refractivity contribution is 5.57. The number of anilines is 1. The minimum atomic E-state index is -4.54. The average molecular weight is 554 g/mol. The second-order valence-electron chi connectivity index (χ2n) is 10.3. The highest BCUT2D eigenvalue weighted by Crippen LogP contribution is 2.34. The van der Waals surface area contributed by atoms with Crippen molar-refractivity contribution in [1.82, 2.24) is 15.5 Å². The molecule has 11 heteroatoms. The smallest absolute Gasteiger partial charge is 0.405 e. The van der Waals surface area contributed by atoms with Crippen LogP contribution in [0.15, 0.2) is 83.4 Å². The van der Waals surface area contributed by atoms with Crippen molar-refractivity contribution in [2.45, 2.75) is 44.2 Å². The fourth-order valence-electron chi connectivity index (χ4n) is 4.96. The van der Waals surface area contributed by atoms with Gasteiger partial charge in [-0.3, -0.25) is 10.2 Å². The predicted octanol–water partition coefficient (Wildman–Crippen LogP) is 5.80. The van der Waals surface area contributed by atoms with E-state index < -0.39 is 29.2 Å². The summed E-state index contributed by atoms with van der Waals surface area (Å²) in [6.07, 6.45) is 1.12. The van der Waals surface area contributed by atoms with Gasteiger partial charge in [0.15, 0.2) is 0 Å². The number of benzene rings is 1. The van der Waals surface area contributed by atoms with Crippen LogP contribution < -0.4 is 21.7 Å². The lowest BCUT2D eigenvalue weighted by Crippen LogP contribution is -2.64. The number of likely N-dealkylation sites (tertiary alicyclic amines) is 1. The zero-order valence-electron chi connectivity index (χ0n) is 21.6. The Labute approximate surface area is 224 Å². The third kappa shape index (κ3) is 7.48. The van der Waals surface area contributed by atoms with Crippen molar-refractivity contribution in [3.63, 3.8) is 0 Å². The van der Waals surface area contributed by atoms with Crippen molar-refractivity contribution in [3.05, 3.63) is 88.9 Å². The van der Waals surface area contributed by atoms with E-state index in [1.165, 1.54) is 12.1 Å². The molecule has 5 nitrogen and oxygen atoms in total. The van der Waals surface area contributed by atoms with Crippen molar-refractivity contribution in [3.8, 4) is 0 Å². The van der Waals surface area contributed by atoms with Crippen LogP contribution in [-0.2, 0) is 6.18 Å². The van der Waals surface area contributed by atoms with Gasteiger partial charge in [-0.15, -0.1) is 0 Å². The maximum absolute atomic E-state index is 13.7. The molecule has 1 atom stereocenters. The topological polar surface area (TPSA) is 65.3 Å². The molecule has 0 amide bonds. The third-order valence-electron chi connectivity index (χ3n) is 7.19. The summed E-state index contributed by atoms with van der Waals surface area (Å²) >= 11 is 0. The van der Waals surface area contributed by atoms with Gasteiger partial charge in [0.05, 0.1) is 5.56 Å². The van der Waals surface area contributed by atoms with Crippen LogP contribution in [0, 0.1) is 5.92 Å². The molecule has 5 rings (SSSR count). The number of halogens is 6. The number of alkyl halides is 6. The molecule has 2 bridgehead atoms. The second-order valence-corrected chi connectivity index (χ2v) is 10.3. The first-order valence-corrected chi connectivity index (χ1v) is 12.8. The summed E-state index contributed by atoms with van der Waals surface area (Å²) in [5, 5.41) is 10.0. The van der Waals surface area contributed by atoms with Crippen LogP contribution in [0.3, 0.4) is 0 Å². The van der Waals surface area contributed by atoms with Gasteiger partial charge in [0.1, 0.15) is 5.66 Å². The molecule has 212 valence electrons. The van der Waals surface area contributed by atoms with E-state index in [-0.39, 0.29) is 6.42 Å². The average Bonchev–Trinajstić information content (AvgIpc) is 2.85. The molecule has 1 aromatic carbocycles. The Morgan fingerprint density at radius 2 is 1.79 bits per heavy atom. The molecule has 0 radical (unpaired) electrons. The molecule has 1 fully saturated rings. The summed E-state index contributed by atoms with van der Waals surface area (Å²) in [4.78, 5) is 2.28. The maximum Gasteiger partial charge on any atom is 0.416 e. The molecule has 0 spiro atoms. The van der Waals surface area contributed by atoms with Crippen LogP contribution in [0.2, 0.25) is 0 Å². The van der Waals surface area contributed by atoms with Crippen molar-refractivity contribution >= 4 is 5.69 Å². The van der Waals surface area contributed by atoms with Gasteiger partial charge in [-0.05, 0) is 86.1 Å². The third-order valence-corrected chi connectivity index (χ3v) is 7.19. The first-order chi connectivity index (χ1) is 18.4. The van der Waals surface area contributed by atoms with Crippen LogP contribution >= 0.6 is 0 Å². The summed E-state index contributed by atoms with van der Waals surface area (Å²) in [7, 11) is 0. The monoisotopic (exact) mass is 553 g/mol. The van der Waals surface area contributed by atoms with Gasteiger partial charge in [-0.1, -0.05) is 19.1 Å². The number of hydrogen-bond acceptors (Lipinski definition) is 5. The summed E-state index contributed by atoms with van der Waals surface area (Å²) in [6.45, 7) is 4.83. The lowest BCUT2D eigenvalue weighted by Gasteiger charge is -2.45. The fraction of sp³-hybridized carbons (Fsp3) is 0.429. The summed E-state index contributed by atoms with van der Waals surface area (Å²) < 4.78 is 80.3. The molecule has 0 aliphatic carbocycles. The largest absolute Gasteiger partial charge is 0.416 e. The molecule has 1 aromatic rings. The Morgan fingerprint density at radius 3 is 2.41 bits per heavy atom. The van der Waals surface area contributed by atoms with Gasteiger partial charge >= 0.3 is 12.4 Å². The highest BCUT2D eigenvalue weighted by Gasteiger charge is 2.39. The zero-order valence-corrected chi connectivity index (χ0v) is 21.6. The van der Waals surface area contributed by atoms with Crippen molar-refractivity contribution in [2.24, 2.45) is 11.7 Å². The van der Waals surface area contributed by atoms with Gasteiger partial charge in [0.25, 0.3) is 0 Å². The lowest BCUT2D eigenvalue weighted by atomic mass is 9.92. The predicted molar refractivity (Wildman–Crippen MR) is 140 cm³/mol. The summed E-state index contributed by atoms with van der Waals surface area (Å²) in [5.74, 6) is 0.607. The van der Waals surface area contributed by atoms with E-state index in [1.54, 1.807) is 12.2 Å². The van der Waals surface area contributed by atoms with E-state index in [9.17, 15) is 26.3 Å². The van der Waals surface area contributed by atoms with E-state index in [2.05, 4.69) is 27.8 Å². The second kappa shape index (κ2) is 11.5. The number of fused-ring (bicyclic) bond motifs is 3. The molecule has 5 N–H and O–H groups in total. The standard InChI is InChI=1S/C28H33F6N5/c1-19-10-13-39(14-11-19)18-26-16-25(37-23-8-5-21(6-9-23)27(29,30)31)20(17-36-26)4-7-24(38-26)15-22(3-2-12-35)28(32,33)34/h2-9,12,16,19,36-38H,10-11,13-15,17-18,35H2,1H3/b12-2-,20-4-,22-3+,24-7-. The molecule has 39 heavy (non-hydrogen) atoms. The normalized spacial score (nSPS) is 26.2. The van der Waals surface area contributed by atoms with E-state index in [1.807, 2.05) is 6.08 Å². The minimum absolute atomic E-state index is 0.379. The number of hydrogen-bond donors (Lipinski definition) is 4. The Balaban J connectivity index is 1.66. The fourth-order valence-corrected chi connectivity index (χ4v) is 4.96. The summed E-state index contributed by atoms with van der Waals surface area (Å²) in [6, 6.07) is 4.75. The van der Waals surface area contributed by atoms with Gasteiger partial charge in [-0.2, -0.15) is 26.3 Å². The highest BCUT2D eigenvalue weighted by atomic mass is 19.4. The first kappa shape index (κ1) is 28.8. The van der Waals surface area contributed by atoms with Crippen LogP contribution in [0.25, 0.3) is 0 Å². The number of nitrogens with two attached hydrogens (primary N) is 1. The molecule has 0 saturated carbocycles. The quantitative estimate of drug-likeness (QED) is 0.254. The van der Waals surface area contributed by atoms with E-state index >= 15 is 0 Å². The van der Waals surface area contributed by atoms with Crippen LogP contribution in [0.4, 0.5) is 32.0 Å². The van der Waals surface area contributed by atoms with Gasteiger partial charge in [0, 0.05) is 42.2 Å². The number of nitrogens with one attached hydrogen (secondary N) is 3. The molecule has 4 aliphatic heterocycles. The van der Waals surface area contributed by atoms with E-state index in [4.69, 9.17) is 5.73 Å². The number of allylic oxidation sites excluding steroid dienone is 5. The van der Waals surface area contributed by atoms with Gasteiger partial charge in [-0.25, -0.2) is 0 Å². The maximum atomic E-state index is 13.7. The lowest BCUT2D eigenvalue weighted by molar-refractivity contribution is -0.137. The summed E-state index contributed by atoms with van der Waals surface area (Å²) in [5.41, 5.74) is 5.19. The Morgan fingerprint density at radius 1 is 1.10 bits per heavy atom. The molecular formula is C28H33F6N5. The molecule has 1 saturated heterocycles. The van der Waals surface area contributed by atoms with Crippen molar-refractivity contribution in [2.75, 3.05) is 31.5 Å². The molecule has 4 heterocycles. The number of nitrogens with zero attached hydrogens (tertiary/aromatic N) is 1. The van der Waals surface area contributed by atoms with Crippen LogP contribution in [0.5, 0.6) is 0 Å². The minimum Gasteiger partial charge on any atom is -0.405 e.